The summed E-state index contributed by atoms with van der Waals surface area (Å²) in [6.07, 6.45) is 1.21. The van der Waals surface area contributed by atoms with Gasteiger partial charge >= 0.3 is 0 Å². The standard InChI is InChI=1S/C11H6ClF2IN2O/c12-10-9(15)11(18)17(5-16-10)4-6-2-1-3-7(13)8(6)14/h1-3,5H,4H2. The molecule has 0 N–H and O–H groups in total. The van der Waals surface area contributed by atoms with Crippen LogP contribution < -0.4 is 5.56 Å². The van der Waals surface area contributed by atoms with Gasteiger partial charge in [-0.3, -0.25) is 9.36 Å². The van der Waals surface area contributed by atoms with Crippen LogP contribution in [0.5, 0.6) is 0 Å². The van der Waals surface area contributed by atoms with Crippen molar-refractivity contribution in [2.75, 3.05) is 0 Å². The lowest BCUT2D eigenvalue weighted by molar-refractivity contribution is 0.494. The molecule has 0 amide bonds. The Hall–Kier alpha value is -1.02. The zero-order valence-corrected chi connectivity index (χ0v) is 11.7. The Kier molecular flexibility index (Phi) is 3.96. The minimum absolute atomic E-state index is 0.0806. The highest BCUT2D eigenvalue weighted by atomic mass is 127. The molecule has 0 spiro atoms. The van der Waals surface area contributed by atoms with E-state index in [1.54, 1.807) is 22.6 Å². The molecule has 1 aromatic heterocycles. The Morgan fingerprint density at radius 2 is 2.11 bits per heavy atom. The number of halogens is 4. The van der Waals surface area contributed by atoms with Gasteiger partial charge in [0.1, 0.15) is 8.72 Å². The van der Waals surface area contributed by atoms with Crippen LogP contribution in [-0.2, 0) is 6.54 Å². The largest absolute Gasteiger partial charge is 0.294 e. The highest BCUT2D eigenvalue weighted by Gasteiger charge is 2.11. The SMILES string of the molecule is O=c1c(I)c(Cl)ncn1Cc1cccc(F)c1F. The van der Waals surface area contributed by atoms with Gasteiger partial charge in [-0.15, -0.1) is 0 Å². The first kappa shape index (κ1) is 13.4. The molecule has 1 aromatic carbocycles. The quantitative estimate of drug-likeness (QED) is 0.591. The molecule has 2 rings (SSSR count). The van der Waals surface area contributed by atoms with E-state index < -0.39 is 11.6 Å². The lowest BCUT2D eigenvalue weighted by Crippen LogP contribution is -2.24. The van der Waals surface area contributed by atoms with Crippen LogP contribution in [0.2, 0.25) is 5.15 Å². The first-order valence-corrected chi connectivity index (χ1v) is 6.29. The van der Waals surface area contributed by atoms with Gasteiger partial charge in [0.15, 0.2) is 11.6 Å². The molecule has 18 heavy (non-hydrogen) atoms. The Labute approximate surface area is 120 Å². The maximum atomic E-state index is 13.5. The molecule has 0 saturated heterocycles. The minimum Gasteiger partial charge on any atom is -0.294 e. The van der Waals surface area contributed by atoms with Gasteiger partial charge in [0.2, 0.25) is 0 Å². The molecule has 1 heterocycles. The van der Waals surface area contributed by atoms with E-state index >= 15 is 0 Å². The van der Waals surface area contributed by atoms with E-state index in [1.165, 1.54) is 23.0 Å². The smallest absolute Gasteiger partial charge is 0.268 e. The van der Waals surface area contributed by atoms with Crippen molar-refractivity contribution in [3.63, 3.8) is 0 Å². The second kappa shape index (κ2) is 5.31. The van der Waals surface area contributed by atoms with Crippen LogP contribution in [0.25, 0.3) is 0 Å². The molecule has 0 unspecified atom stereocenters. The van der Waals surface area contributed by atoms with Crippen LogP contribution in [-0.4, -0.2) is 9.55 Å². The normalized spacial score (nSPS) is 10.7. The Morgan fingerprint density at radius 3 is 2.83 bits per heavy atom. The zero-order chi connectivity index (χ0) is 13.3. The van der Waals surface area contributed by atoms with E-state index in [0.29, 0.717) is 0 Å². The first-order chi connectivity index (χ1) is 8.50. The highest BCUT2D eigenvalue weighted by Crippen LogP contribution is 2.13. The summed E-state index contributed by atoms with van der Waals surface area (Å²) in [7, 11) is 0. The van der Waals surface area contributed by atoms with Crippen molar-refractivity contribution in [3.05, 3.63) is 60.8 Å². The maximum Gasteiger partial charge on any atom is 0.268 e. The summed E-state index contributed by atoms with van der Waals surface area (Å²) in [4.78, 5) is 15.6. The maximum absolute atomic E-state index is 13.5. The zero-order valence-electron chi connectivity index (χ0n) is 8.83. The van der Waals surface area contributed by atoms with Crippen molar-refractivity contribution in [2.24, 2.45) is 0 Å². The molecular weight excluding hydrogens is 376 g/mol. The van der Waals surface area contributed by atoms with E-state index in [-0.39, 0.29) is 26.4 Å². The first-order valence-electron chi connectivity index (χ1n) is 4.84. The van der Waals surface area contributed by atoms with Crippen molar-refractivity contribution >= 4 is 34.2 Å². The molecule has 0 atom stereocenters. The topological polar surface area (TPSA) is 34.9 Å². The molecule has 94 valence electrons. The molecule has 0 saturated carbocycles. The van der Waals surface area contributed by atoms with Gasteiger partial charge < -0.3 is 0 Å². The molecule has 0 aliphatic carbocycles. The van der Waals surface area contributed by atoms with Crippen LogP contribution in [0.15, 0.2) is 29.3 Å². The van der Waals surface area contributed by atoms with Gasteiger partial charge in [0.25, 0.3) is 5.56 Å². The summed E-state index contributed by atoms with van der Waals surface area (Å²) in [5.41, 5.74) is -0.309. The average Bonchev–Trinajstić information content (AvgIpc) is 2.35. The predicted octanol–water partition coefficient (Wildman–Crippen LogP) is 2.83. The van der Waals surface area contributed by atoms with Gasteiger partial charge in [-0.05, 0) is 28.7 Å². The van der Waals surface area contributed by atoms with Crippen molar-refractivity contribution in [2.45, 2.75) is 6.54 Å². The lowest BCUT2D eigenvalue weighted by atomic mass is 10.2. The van der Waals surface area contributed by atoms with E-state index in [1.807, 2.05) is 0 Å². The molecular formula is C11H6ClF2IN2O. The number of hydrogen-bond acceptors (Lipinski definition) is 2. The van der Waals surface area contributed by atoms with Gasteiger partial charge in [-0.2, -0.15) is 0 Å². The molecule has 0 aliphatic rings. The number of rotatable bonds is 2. The summed E-state index contributed by atoms with van der Waals surface area (Å²) in [6.45, 7) is -0.0946. The van der Waals surface area contributed by atoms with E-state index in [0.717, 1.165) is 6.07 Å². The van der Waals surface area contributed by atoms with Crippen molar-refractivity contribution in [1.82, 2.24) is 9.55 Å². The summed E-state index contributed by atoms with van der Waals surface area (Å²) in [5, 5.41) is 0.0940. The van der Waals surface area contributed by atoms with Crippen molar-refractivity contribution < 1.29 is 8.78 Å². The Morgan fingerprint density at radius 1 is 1.39 bits per heavy atom. The molecule has 3 nitrogen and oxygen atoms in total. The van der Waals surface area contributed by atoms with Gasteiger partial charge in [0, 0.05) is 5.56 Å². The predicted molar refractivity (Wildman–Crippen MR) is 71.7 cm³/mol. The summed E-state index contributed by atoms with van der Waals surface area (Å²) in [6, 6.07) is 3.81. The number of aromatic nitrogens is 2. The third kappa shape index (κ3) is 2.54. The van der Waals surface area contributed by atoms with Crippen LogP contribution in [0, 0.1) is 15.2 Å². The Balaban J connectivity index is 2.44. The molecule has 2 aromatic rings. The van der Waals surface area contributed by atoms with Crippen molar-refractivity contribution in [1.29, 1.82) is 0 Å². The second-order valence-electron chi connectivity index (χ2n) is 3.50. The molecule has 0 fully saturated rings. The highest BCUT2D eigenvalue weighted by molar-refractivity contribution is 14.1. The molecule has 0 radical (unpaired) electrons. The van der Waals surface area contributed by atoms with Crippen LogP contribution in [0.4, 0.5) is 8.78 Å². The molecule has 0 aliphatic heterocycles. The lowest BCUT2D eigenvalue weighted by Gasteiger charge is -2.07. The fourth-order valence-electron chi connectivity index (χ4n) is 1.41. The fourth-order valence-corrected chi connectivity index (χ4v) is 1.98. The second-order valence-corrected chi connectivity index (χ2v) is 4.93. The average molecular weight is 383 g/mol. The summed E-state index contributed by atoms with van der Waals surface area (Å²) in [5.74, 6) is -1.91. The third-order valence-corrected chi connectivity index (χ3v) is 3.89. The number of hydrogen-bond donors (Lipinski definition) is 0. The van der Waals surface area contributed by atoms with Crippen molar-refractivity contribution in [3.8, 4) is 0 Å². The Bertz CT molecular complexity index is 660. The van der Waals surface area contributed by atoms with E-state index in [4.69, 9.17) is 11.6 Å². The number of benzene rings is 1. The van der Waals surface area contributed by atoms with Gasteiger partial charge in [-0.1, -0.05) is 23.7 Å². The van der Waals surface area contributed by atoms with Gasteiger partial charge in [-0.25, -0.2) is 13.8 Å². The number of nitrogens with zero attached hydrogens (tertiary/aromatic N) is 2. The third-order valence-electron chi connectivity index (χ3n) is 2.31. The summed E-state index contributed by atoms with van der Waals surface area (Å²) >= 11 is 7.44. The van der Waals surface area contributed by atoms with Crippen LogP contribution in [0.1, 0.15) is 5.56 Å². The van der Waals surface area contributed by atoms with Gasteiger partial charge in [0.05, 0.1) is 12.9 Å². The van der Waals surface area contributed by atoms with E-state index in [2.05, 4.69) is 4.98 Å². The van der Waals surface area contributed by atoms with Crippen LogP contribution in [0.3, 0.4) is 0 Å². The summed E-state index contributed by atoms with van der Waals surface area (Å²) < 4.78 is 27.9. The monoisotopic (exact) mass is 382 g/mol. The van der Waals surface area contributed by atoms with E-state index in [9.17, 15) is 13.6 Å². The fraction of sp³-hybridized carbons (Fsp3) is 0.0909. The minimum atomic E-state index is -0.964. The molecule has 7 heteroatoms. The van der Waals surface area contributed by atoms with Crippen LogP contribution >= 0.6 is 34.2 Å². The molecule has 0 bridgehead atoms.